The second-order valence-corrected chi connectivity index (χ2v) is 9.56. The summed E-state index contributed by atoms with van der Waals surface area (Å²) in [5.74, 6) is -0.105. The Hall–Kier alpha value is -2.31. The van der Waals surface area contributed by atoms with Crippen LogP contribution in [0.25, 0.3) is 0 Å². The molecule has 1 saturated heterocycles. The van der Waals surface area contributed by atoms with Gasteiger partial charge in [0, 0.05) is 56.0 Å². The van der Waals surface area contributed by atoms with E-state index in [2.05, 4.69) is 0 Å². The number of rotatable bonds is 5. The summed E-state index contributed by atoms with van der Waals surface area (Å²) in [6.07, 6.45) is 0. The first kappa shape index (κ1) is 21.9. The Morgan fingerprint density at radius 2 is 1.90 bits per heavy atom. The minimum atomic E-state index is -3.80. The van der Waals surface area contributed by atoms with Gasteiger partial charge in [0.25, 0.3) is 5.69 Å². The molecule has 0 atom stereocenters. The van der Waals surface area contributed by atoms with Crippen LogP contribution in [-0.4, -0.2) is 55.5 Å². The van der Waals surface area contributed by atoms with E-state index in [1.165, 1.54) is 22.5 Å². The average Bonchev–Trinajstić information content (AvgIpc) is 2.76. The largest absolute Gasteiger partial charge is 0.467 e. The van der Waals surface area contributed by atoms with Gasteiger partial charge in [-0.15, -0.1) is 0 Å². The maximum Gasteiger partial charge on any atom is 0.270 e. The molecule has 0 aromatic heterocycles. The van der Waals surface area contributed by atoms with Crippen molar-refractivity contribution in [3.63, 3.8) is 0 Å². The molecule has 12 heteroatoms. The molecule has 0 amide bonds. The van der Waals surface area contributed by atoms with E-state index in [-0.39, 0.29) is 42.1 Å². The summed E-state index contributed by atoms with van der Waals surface area (Å²) in [7, 11) is -3.80. The van der Waals surface area contributed by atoms with Gasteiger partial charge in [-0.1, -0.05) is 11.6 Å². The van der Waals surface area contributed by atoms with Gasteiger partial charge in [-0.3, -0.25) is 15.0 Å². The van der Waals surface area contributed by atoms with Crippen LogP contribution in [0.15, 0.2) is 35.2 Å². The van der Waals surface area contributed by atoms with Gasteiger partial charge in [0.1, 0.15) is 11.6 Å². The lowest BCUT2D eigenvalue weighted by molar-refractivity contribution is -0.385. The van der Waals surface area contributed by atoms with Crippen LogP contribution in [-0.2, 0) is 27.9 Å². The zero-order valence-electron chi connectivity index (χ0n) is 16.3. The third kappa shape index (κ3) is 4.51. The van der Waals surface area contributed by atoms with E-state index in [4.69, 9.17) is 21.1 Å². The van der Waals surface area contributed by atoms with Crippen LogP contribution in [0.5, 0.6) is 5.75 Å². The van der Waals surface area contributed by atoms with Gasteiger partial charge in [-0.05, 0) is 18.2 Å². The van der Waals surface area contributed by atoms with E-state index in [1.807, 2.05) is 4.90 Å². The predicted molar refractivity (Wildman–Crippen MR) is 109 cm³/mol. The number of nitro groups is 1. The molecular formula is C19H19ClFN3O6S. The molecule has 31 heavy (non-hydrogen) atoms. The van der Waals surface area contributed by atoms with Gasteiger partial charge >= 0.3 is 0 Å². The summed E-state index contributed by atoms with van der Waals surface area (Å²) >= 11 is 5.73. The second kappa shape index (κ2) is 8.67. The van der Waals surface area contributed by atoms with Crippen LogP contribution in [0.3, 0.4) is 0 Å². The number of benzene rings is 2. The Bertz CT molecular complexity index is 1120. The molecule has 0 N–H and O–H groups in total. The number of fused-ring (bicyclic) bond motifs is 1. The molecule has 0 radical (unpaired) electrons. The monoisotopic (exact) mass is 471 g/mol. The molecule has 2 heterocycles. The number of halogens is 2. The summed E-state index contributed by atoms with van der Waals surface area (Å²) in [6.45, 7) is 1.96. The third-order valence-electron chi connectivity index (χ3n) is 5.24. The highest BCUT2D eigenvalue weighted by Crippen LogP contribution is 2.33. The van der Waals surface area contributed by atoms with E-state index in [0.717, 1.165) is 12.1 Å². The zero-order chi connectivity index (χ0) is 22.2. The van der Waals surface area contributed by atoms with Crippen molar-refractivity contribution in [3.8, 4) is 5.75 Å². The summed E-state index contributed by atoms with van der Waals surface area (Å²) in [6, 6.07) is 6.25. The number of sulfonamides is 1. The maximum atomic E-state index is 13.4. The Morgan fingerprint density at radius 3 is 2.58 bits per heavy atom. The lowest BCUT2D eigenvalue weighted by Gasteiger charge is -2.34. The maximum absolute atomic E-state index is 13.4. The van der Waals surface area contributed by atoms with Gasteiger partial charge < -0.3 is 9.47 Å². The standard InChI is InChI=1S/C19H19ClFN3O6S/c20-17-9-16(1-2-18(17)21)31(27,28)23-5-3-22(4-6-23)10-13-7-15(24(25)26)8-14-11-29-12-30-19(13)14/h1-2,7-9H,3-6,10-12H2. The van der Waals surface area contributed by atoms with Gasteiger partial charge in [-0.25, -0.2) is 12.8 Å². The number of nitrogens with zero attached hydrogens (tertiary/aromatic N) is 3. The average molecular weight is 472 g/mol. The molecule has 0 saturated carbocycles. The van der Waals surface area contributed by atoms with Crippen LogP contribution < -0.4 is 4.74 Å². The van der Waals surface area contributed by atoms with Crippen LogP contribution >= 0.6 is 11.6 Å². The van der Waals surface area contributed by atoms with Crippen LogP contribution in [0.4, 0.5) is 10.1 Å². The van der Waals surface area contributed by atoms with Crippen molar-refractivity contribution in [1.82, 2.24) is 9.21 Å². The molecule has 0 spiro atoms. The molecule has 0 aliphatic carbocycles. The Kier molecular flexibility index (Phi) is 6.13. The van der Waals surface area contributed by atoms with Crippen molar-refractivity contribution in [1.29, 1.82) is 0 Å². The van der Waals surface area contributed by atoms with Gasteiger partial charge in [0.15, 0.2) is 6.79 Å². The first-order chi connectivity index (χ1) is 14.8. The summed E-state index contributed by atoms with van der Waals surface area (Å²) in [4.78, 5) is 12.7. The molecule has 2 aliphatic heterocycles. The molecule has 2 aliphatic rings. The highest BCUT2D eigenvalue weighted by atomic mass is 35.5. The number of ether oxygens (including phenoxy) is 2. The van der Waals surface area contributed by atoms with Crippen molar-refractivity contribution in [2.45, 2.75) is 18.0 Å². The molecule has 1 fully saturated rings. The van der Waals surface area contributed by atoms with Crippen molar-refractivity contribution in [2.75, 3.05) is 33.0 Å². The summed E-state index contributed by atoms with van der Waals surface area (Å²) in [5, 5.41) is 11.0. The number of hydrogen-bond acceptors (Lipinski definition) is 7. The minimum Gasteiger partial charge on any atom is -0.467 e. The minimum absolute atomic E-state index is 0.0442. The van der Waals surface area contributed by atoms with Crippen molar-refractivity contribution in [3.05, 3.63) is 62.4 Å². The first-order valence-electron chi connectivity index (χ1n) is 9.44. The van der Waals surface area contributed by atoms with Crippen molar-refractivity contribution < 1.29 is 27.2 Å². The van der Waals surface area contributed by atoms with E-state index < -0.39 is 20.8 Å². The van der Waals surface area contributed by atoms with Gasteiger partial charge in [0.2, 0.25) is 10.0 Å². The molecule has 2 aromatic rings. The third-order valence-corrected chi connectivity index (χ3v) is 7.42. The number of nitro benzene ring substituents is 1. The Balaban J connectivity index is 1.48. The molecule has 0 unspecified atom stereocenters. The fourth-order valence-electron chi connectivity index (χ4n) is 3.66. The summed E-state index contributed by atoms with van der Waals surface area (Å²) in [5.41, 5.74) is 1.23. The first-order valence-corrected chi connectivity index (χ1v) is 11.3. The molecule has 2 aromatic carbocycles. The molecular weight excluding hydrogens is 453 g/mol. The molecule has 4 rings (SSSR count). The van der Waals surface area contributed by atoms with E-state index in [1.54, 1.807) is 0 Å². The Morgan fingerprint density at radius 1 is 1.16 bits per heavy atom. The lowest BCUT2D eigenvalue weighted by atomic mass is 10.1. The fourth-order valence-corrected chi connectivity index (χ4v) is 5.35. The van der Waals surface area contributed by atoms with E-state index in [0.29, 0.717) is 36.5 Å². The van der Waals surface area contributed by atoms with Crippen LogP contribution in [0, 0.1) is 15.9 Å². The predicted octanol–water partition coefficient (Wildman–Crippen LogP) is 2.76. The van der Waals surface area contributed by atoms with Crippen LogP contribution in [0.2, 0.25) is 5.02 Å². The molecule has 0 bridgehead atoms. The number of hydrogen-bond donors (Lipinski definition) is 0. The summed E-state index contributed by atoms with van der Waals surface area (Å²) < 4.78 is 51.2. The van der Waals surface area contributed by atoms with Crippen molar-refractivity contribution >= 4 is 27.3 Å². The highest BCUT2D eigenvalue weighted by molar-refractivity contribution is 7.89. The van der Waals surface area contributed by atoms with Crippen LogP contribution in [0.1, 0.15) is 11.1 Å². The topological polar surface area (TPSA) is 102 Å². The highest BCUT2D eigenvalue weighted by Gasteiger charge is 2.30. The van der Waals surface area contributed by atoms with Crippen molar-refractivity contribution in [2.24, 2.45) is 0 Å². The zero-order valence-corrected chi connectivity index (χ0v) is 17.9. The molecule has 166 valence electrons. The lowest BCUT2D eigenvalue weighted by Crippen LogP contribution is -2.48. The SMILES string of the molecule is O=[N+]([O-])c1cc2c(c(CN3CCN(S(=O)(=O)c4ccc(F)c(Cl)c4)CC3)c1)OCOC2. The normalized spacial score (nSPS) is 17.7. The molecule has 9 nitrogen and oxygen atoms in total. The van der Waals surface area contributed by atoms with E-state index >= 15 is 0 Å². The second-order valence-electron chi connectivity index (χ2n) is 7.22. The Labute approximate surface area is 183 Å². The smallest absolute Gasteiger partial charge is 0.270 e. The number of non-ortho nitro benzene ring substituents is 1. The van der Waals surface area contributed by atoms with E-state index in [9.17, 15) is 22.9 Å². The van der Waals surface area contributed by atoms with Gasteiger partial charge in [0.05, 0.1) is 21.4 Å². The fraction of sp³-hybridized carbons (Fsp3) is 0.368. The quantitative estimate of drug-likeness (QED) is 0.488. The number of piperazine rings is 1. The van der Waals surface area contributed by atoms with Gasteiger partial charge in [-0.2, -0.15) is 4.31 Å².